The first kappa shape index (κ1) is 19.1. The molecule has 0 spiro atoms. The van der Waals surface area contributed by atoms with E-state index in [-0.39, 0.29) is 6.10 Å². The van der Waals surface area contributed by atoms with Gasteiger partial charge in [-0.3, -0.25) is 0 Å². The lowest BCUT2D eigenvalue weighted by Gasteiger charge is -2.22. The van der Waals surface area contributed by atoms with Crippen molar-refractivity contribution in [3.63, 3.8) is 0 Å². The van der Waals surface area contributed by atoms with Gasteiger partial charge in [0, 0.05) is 19.4 Å². The summed E-state index contributed by atoms with van der Waals surface area (Å²) in [4.78, 5) is 1.22. The molecule has 2 rings (SSSR count). The van der Waals surface area contributed by atoms with Crippen LogP contribution in [0.4, 0.5) is 0 Å². The van der Waals surface area contributed by atoms with Crippen molar-refractivity contribution in [1.29, 1.82) is 0 Å². The number of hydrogen-bond acceptors (Lipinski definition) is 3. The Labute approximate surface area is 151 Å². The van der Waals surface area contributed by atoms with E-state index in [1.807, 2.05) is 30.3 Å². The quantitative estimate of drug-likeness (QED) is 0.441. The van der Waals surface area contributed by atoms with Gasteiger partial charge in [-0.2, -0.15) is 0 Å². The number of benzene rings is 1. The fraction of sp³-hybridized carbons (Fsp3) is 0.400. The first-order valence-corrected chi connectivity index (χ1v) is 13.1. The van der Waals surface area contributed by atoms with Gasteiger partial charge >= 0.3 is 0 Å². The summed E-state index contributed by atoms with van der Waals surface area (Å²) in [5.74, 6) is 0.997. The molecule has 1 N–H and O–H groups in total. The van der Waals surface area contributed by atoms with Crippen molar-refractivity contribution < 1.29 is 9.52 Å². The molecule has 0 aliphatic rings. The zero-order valence-electron chi connectivity index (χ0n) is 14.9. The smallest absolute Gasteiger partial charge is 0.103 e. The summed E-state index contributed by atoms with van der Waals surface area (Å²) in [6, 6.07) is 15.3. The summed E-state index contributed by atoms with van der Waals surface area (Å²) in [5.41, 5.74) is 1.18. The van der Waals surface area contributed by atoms with Gasteiger partial charge in [0.25, 0.3) is 0 Å². The van der Waals surface area contributed by atoms with Gasteiger partial charge in [-0.25, -0.2) is 0 Å². The molecule has 24 heavy (non-hydrogen) atoms. The minimum atomic E-state index is -1.27. The monoisotopic (exact) mass is 360 g/mol. The van der Waals surface area contributed by atoms with Crippen LogP contribution in [0.1, 0.15) is 18.6 Å². The van der Waals surface area contributed by atoms with Crippen molar-refractivity contribution in [2.75, 3.05) is 0 Å². The van der Waals surface area contributed by atoms with Crippen molar-refractivity contribution in [2.45, 2.75) is 55.9 Å². The van der Waals surface area contributed by atoms with Crippen molar-refractivity contribution in [3.05, 3.63) is 65.5 Å². The summed E-state index contributed by atoms with van der Waals surface area (Å²) >= 11 is 1.71. The second kappa shape index (κ2) is 9.30. The van der Waals surface area contributed by atoms with Crippen LogP contribution in [0.5, 0.6) is 0 Å². The Hall–Kier alpha value is -1.23. The fourth-order valence-corrected chi connectivity index (χ4v) is 5.16. The molecule has 0 fully saturated rings. The second-order valence-electron chi connectivity index (χ2n) is 7.35. The Morgan fingerprint density at radius 1 is 1.17 bits per heavy atom. The number of rotatable bonds is 9. The van der Waals surface area contributed by atoms with Crippen LogP contribution in [0.3, 0.4) is 0 Å². The summed E-state index contributed by atoms with van der Waals surface area (Å²) in [7, 11) is -1.27. The second-order valence-corrected chi connectivity index (χ2v) is 13.8. The minimum Gasteiger partial charge on any atom is -0.469 e. The van der Waals surface area contributed by atoms with Crippen LogP contribution in [0, 0.1) is 0 Å². The molecule has 130 valence electrons. The van der Waals surface area contributed by atoms with E-state index >= 15 is 0 Å². The van der Waals surface area contributed by atoms with E-state index in [2.05, 4.69) is 37.2 Å². The molecule has 2 aromatic rings. The van der Waals surface area contributed by atoms with E-state index in [0.717, 1.165) is 31.1 Å². The number of aliphatic hydroxyl groups is 1. The van der Waals surface area contributed by atoms with E-state index in [0.29, 0.717) is 0 Å². The Morgan fingerprint density at radius 3 is 2.54 bits per heavy atom. The lowest BCUT2D eigenvalue weighted by molar-refractivity contribution is 0.196. The van der Waals surface area contributed by atoms with Crippen LogP contribution in [0.15, 0.2) is 69.0 Å². The van der Waals surface area contributed by atoms with Gasteiger partial charge in [-0.15, -0.1) is 0 Å². The van der Waals surface area contributed by atoms with E-state index in [1.54, 1.807) is 18.0 Å². The first-order valence-electron chi connectivity index (χ1n) is 8.55. The van der Waals surface area contributed by atoms with Crippen LogP contribution < -0.4 is 0 Å². The molecule has 0 aliphatic carbocycles. The Kier molecular flexibility index (Phi) is 7.40. The third kappa shape index (κ3) is 7.12. The molecule has 1 atom stereocenters. The standard InChI is InChI=1S/C20H28O2SSi/c1-24(2,3)16-17(15-23-19-11-5-4-6-12-19)20(21)13-7-9-18-10-8-14-22-18/h4-6,8,10-12,14-15,20-21H,7,9,13,16H2,1-3H3/b17-15+. The average Bonchev–Trinajstić information content (AvgIpc) is 3.04. The molecule has 0 bridgehead atoms. The maximum absolute atomic E-state index is 10.7. The van der Waals surface area contributed by atoms with E-state index in [1.165, 1.54) is 10.5 Å². The highest BCUT2D eigenvalue weighted by molar-refractivity contribution is 8.02. The molecule has 0 saturated carbocycles. The molecule has 4 heteroatoms. The third-order valence-electron chi connectivity index (χ3n) is 3.73. The molecule has 0 aliphatic heterocycles. The fourth-order valence-electron chi connectivity index (χ4n) is 2.60. The van der Waals surface area contributed by atoms with Gasteiger partial charge in [-0.1, -0.05) is 49.6 Å². The van der Waals surface area contributed by atoms with Crippen molar-refractivity contribution >= 4 is 19.8 Å². The van der Waals surface area contributed by atoms with Crippen molar-refractivity contribution in [2.24, 2.45) is 0 Å². The highest BCUT2D eigenvalue weighted by Crippen LogP contribution is 2.28. The zero-order chi connectivity index (χ0) is 17.4. The summed E-state index contributed by atoms with van der Waals surface area (Å²) in [6.07, 6.45) is 3.96. The summed E-state index contributed by atoms with van der Waals surface area (Å²) < 4.78 is 5.37. The highest BCUT2D eigenvalue weighted by Gasteiger charge is 2.20. The van der Waals surface area contributed by atoms with Gasteiger partial charge < -0.3 is 9.52 Å². The normalized spacial score (nSPS) is 13.9. The van der Waals surface area contributed by atoms with Gasteiger partial charge in [0.2, 0.25) is 0 Å². The molecule has 1 heterocycles. The highest BCUT2D eigenvalue weighted by atomic mass is 32.2. The van der Waals surface area contributed by atoms with E-state index in [9.17, 15) is 5.11 Å². The molecule has 0 amide bonds. The Morgan fingerprint density at radius 2 is 1.92 bits per heavy atom. The number of furan rings is 1. The van der Waals surface area contributed by atoms with E-state index in [4.69, 9.17) is 4.42 Å². The molecule has 0 saturated heterocycles. The number of thioether (sulfide) groups is 1. The zero-order valence-corrected chi connectivity index (χ0v) is 16.7. The largest absolute Gasteiger partial charge is 0.469 e. The average molecular weight is 361 g/mol. The van der Waals surface area contributed by atoms with Gasteiger partial charge in [-0.05, 0) is 54.1 Å². The van der Waals surface area contributed by atoms with Crippen LogP contribution >= 0.6 is 11.8 Å². The van der Waals surface area contributed by atoms with Crippen LogP contribution in [-0.4, -0.2) is 19.3 Å². The first-order chi connectivity index (χ1) is 11.4. The van der Waals surface area contributed by atoms with Crippen LogP contribution in [-0.2, 0) is 6.42 Å². The topological polar surface area (TPSA) is 33.4 Å². The predicted molar refractivity (Wildman–Crippen MR) is 106 cm³/mol. The predicted octanol–water partition coefficient (Wildman–Crippen LogP) is 5.98. The van der Waals surface area contributed by atoms with Crippen LogP contribution in [0.25, 0.3) is 0 Å². The van der Waals surface area contributed by atoms with E-state index < -0.39 is 8.07 Å². The molecular weight excluding hydrogens is 332 g/mol. The SMILES string of the molecule is C[Si](C)(C)C/C(=C\Sc1ccccc1)C(O)CCCc1ccco1. The Balaban J connectivity index is 1.95. The molecular formula is C20H28O2SSi. The molecule has 1 unspecified atom stereocenters. The molecule has 1 aromatic carbocycles. The third-order valence-corrected chi connectivity index (χ3v) is 6.17. The van der Waals surface area contributed by atoms with Crippen molar-refractivity contribution in [3.8, 4) is 0 Å². The summed E-state index contributed by atoms with van der Waals surface area (Å²) in [5, 5.41) is 12.9. The maximum Gasteiger partial charge on any atom is 0.103 e. The maximum atomic E-state index is 10.7. The number of aryl methyl sites for hydroxylation is 1. The number of hydrogen-bond donors (Lipinski definition) is 1. The molecule has 2 nitrogen and oxygen atoms in total. The molecule has 0 radical (unpaired) electrons. The van der Waals surface area contributed by atoms with Gasteiger partial charge in [0.15, 0.2) is 0 Å². The van der Waals surface area contributed by atoms with Crippen LogP contribution in [0.2, 0.25) is 25.7 Å². The lowest BCUT2D eigenvalue weighted by atomic mass is 10.1. The summed E-state index contributed by atoms with van der Waals surface area (Å²) in [6.45, 7) is 7.05. The molecule has 1 aromatic heterocycles. The Bertz CT molecular complexity index is 615. The van der Waals surface area contributed by atoms with Crippen molar-refractivity contribution in [1.82, 2.24) is 0 Å². The minimum absolute atomic E-state index is 0.358. The number of aliphatic hydroxyl groups excluding tert-OH is 1. The van der Waals surface area contributed by atoms with Gasteiger partial charge in [0.05, 0.1) is 12.4 Å². The lowest BCUT2D eigenvalue weighted by Crippen LogP contribution is -2.24. The van der Waals surface area contributed by atoms with Gasteiger partial charge in [0.1, 0.15) is 5.76 Å².